The van der Waals surface area contributed by atoms with Crippen LogP contribution < -0.4 is 27.4 Å². The van der Waals surface area contributed by atoms with Crippen LogP contribution in [-0.4, -0.2) is 71.7 Å². The molecule has 0 aliphatic heterocycles. The lowest BCUT2D eigenvalue weighted by Gasteiger charge is -2.22. The molecule has 11 heteroatoms. The molecular formula is C14H27N5O6. The van der Waals surface area contributed by atoms with E-state index in [4.69, 9.17) is 16.6 Å². The van der Waals surface area contributed by atoms with Crippen LogP contribution in [0.25, 0.3) is 0 Å². The largest absolute Gasteiger partial charge is 0.480 e. The number of hydrogen-bond acceptors (Lipinski definition) is 7. The molecule has 3 atom stereocenters. The van der Waals surface area contributed by atoms with Crippen LogP contribution in [0.5, 0.6) is 0 Å². The second-order valence-electron chi connectivity index (χ2n) is 5.49. The van der Waals surface area contributed by atoms with Gasteiger partial charge in [0.15, 0.2) is 0 Å². The molecular weight excluding hydrogens is 334 g/mol. The van der Waals surface area contributed by atoms with Gasteiger partial charge >= 0.3 is 5.97 Å². The minimum Gasteiger partial charge on any atom is -0.480 e. The third kappa shape index (κ3) is 9.59. The van der Waals surface area contributed by atoms with Gasteiger partial charge in [0.2, 0.25) is 17.7 Å². The first kappa shape index (κ1) is 22.8. The first-order valence-electron chi connectivity index (χ1n) is 7.89. The summed E-state index contributed by atoms with van der Waals surface area (Å²) in [6.07, 6.45) is 1.37. The number of aliphatic carboxylic acids is 1. The molecule has 11 nitrogen and oxygen atoms in total. The quantitative estimate of drug-likeness (QED) is 0.175. The summed E-state index contributed by atoms with van der Waals surface area (Å²) in [7, 11) is 0. The Kier molecular flexibility index (Phi) is 11.1. The highest BCUT2D eigenvalue weighted by Crippen LogP contribution is 2.02. The van der Waals surface area contributed by atoms with Crippen molar-refractivity contribution in [1.82, 2.24) is 16.0 Å². The number of carboxylic acids is 1. The van der Waals surface area contributed by atoms with Gasteiger partial charge in [-0.2, -0.15) is 0 Å². The molecule has 0 bridgehead atoms. The van der Waals surface area contributed by atoms with Crippen LogP contribution in [0, 0.1) is 0 Å². The molecule has 0 heterocycles. The Morgan fingerprint density at radius 2 is 1.60 bits per heavy atom. The van der Waals surface area contributed by atoms with E-state index >= 15 is 0 Å². The van der Waals surface area contributed by atoms with Crippen LogP contribution in [0.3, 0.4) is 0 Å². The van der Waals surface area contributed by atoms with Crippen LogP contribution in [0.15, 0.2) is 0 Å². The molecule has 0 spiro atoms. The summed E-state index contributed by atoms with van der Waals surface area (Å²) in [5.41, 5.74) is 10.8. The van der Waals surface area contributed by atoms with E-state index < -0.39 is 55.0 Å². The summed E-state index contributed by atoms with van der Waals surface area (Å²) in [6.45, 7) is 0.543. The predicted octanol–water partition coefficient (Wildman–Crippen LogP) is -3.37. The first-order valence-corrected chi connectivity index (χ1v) is 7.89. The lowest BCUT2D eigenvalue weighted by molar-refractivity contribution is -0.138. The van der Waals surface area contributed by atoms with E-state index in [1.54, 1.807) is 0 Å². The van der Waals surface area contributed by atoms with E-state index in [2.05, 4.69) is 16.0 Å². The van der Waals surface area contributed by atoms with Crippen molar-refractivity contribution < 1.29 is 29.4 Å². The van der Waals surface area contributed by atoms with Crippen LogP contribution in [0.4, 0.5) is 0 Å². The topological polar surface area (TPSA) is 197 Å². The standard InChI is InChI=1S/C14H27N5O6/c1-8(16)12(23)19-10(7-20)14(25)18-9(4-2-3-5-15)13(24)17-6-11(21)22/h8-10,20H,2-7,15-16H2,1H3,(H,17,24)(H,18,25)(H,19,23)(H,21,22). The van der Waals surface area contributed by atoms with Crippen LogP contribution >= 0.6 is 0 Å². The van der Waals surface area contributed by atoms with Gasteiger partial charge in [-0.25, -0.2) is 0 Å². The van der Waals surface area contributed by atoms with Crippen molar-refractivity contribution in [3.05, 3.63) is 0 Å². The monoisotopic (exact) mass is 361 g/mol. The Labute approximate surface area is 145 Å². The zero-order chi connectivity index (χ0) is 19.4. The SMILES string of the molecule is CC(N)C(=O)NC(CO)C(=O)NC(CCCCN)C(=O)NCC(=O)O. The number of nitrogens with two attached hydrogens (primary N) is 2. The molecule has 0 saturated heterocycles. The fourth-order valence-corrected chi connectivity index (χ4v) is 1.82. The molecule has 9 N–H and O–H groups in total. The molecule has 0 aromatic carbocycles. The predicted molar refractivity (Wildman–Crippen MR) is 88.1 cm³/mol. The van der Waals surface area contributed by atoms with E-state index in [1.807, 2.05) is 0 Å². The molecule has 0 fully saturated rings. The van der Waals surface area contributed by atoms with Gasteiger partial charge in [-0.3, -0.25) is 19.2 Å². The van der Waals surface area contributed by atoms with Crippen molar-refractivity contribution in [1.29, 1.82) is 0 Å². The third-order valence-electron chi connectivity index (χ3n) is 3.22. The highest BCUT2D eigenvalue weighted by molar-refractivity contribution is 5.93. The molecule has 25 heavy (non-hydrogen) atoms. The van der Waals surface area contributed by atoms with Crippen molar-refractivity contribution in [2.45, 2.75) is 44.3 Å². The summed E-state index contributed by atoms with van der Waals surface area (Å²) < 4.78 is 0. The Morgan fingerprint density at radius 3 is 2.08 bits per heavy atom. The molecule has 0 saturated carbocycles. The summed E-state index contributed by atoms with van der Waals surface area (Å²) in [4.78, 5) is 46.3. The number of aliphatic hydroxyl groups is 1. The third-order valence-corrected chi connectivity index (χ3v) is 3.22. The van der Waals surface area contributed by atoms with Gasteiger partial charge in [0, 0.05) is 0 Å². The number of amides is 3. The summed E-state index contributed by atoms with van der Waals surface area (Å²) in [5, 5.41) is 24.7. The van der Waals surface area contributed by atoms with Crippen molar-refractivity contribution >= 4 is 23.7 Å². The number of carbonyl (C=O) groups excluding carboxylic acids is 3. The molecule has 144 valence electrons. The average Bonchev–Trinajstić information content (AvgIpc) is 2.55. The molecule has 0 radical (unpaired) electrons. The number of rotatable bonds is 12. The number of unbranched alkanes of at least 4 members (excludes halogenated alkanes) is 1. The molecule has 3 amide bonds. The van der Waals surface area contributed by atoms with E-state index in [1.165, 1.54) is 6.92 Å². The van der Waals surface area contributed by atoms with Gasteiger partial charge in [-0.15, -0.1) is 0 Å². The van der Waals surface area contributed by atoms with Crippen LogP contribution in [-0.2, 0) is 19.2 Å². The Balaban J connectivity index is 4.87. The Morgan fingerprint density at radius 1 is 1.00 bits per heavy atom. The fraction of sp³-hybridized carbons (Fsp3) is 0.714. The van der Waals surface area contributed by atoms with E-state index in [-0.39, 0.29) is 6.42 Å². The Bertz CT molecular complexity index is 471. The maximum Gasteiger partial charge on any atom is 0.322 e. The normalized spacial score (nSPS) is 14.1. The summed E-state index contributed by atoms with van der Waals surface area (Å²) in [6, 6.07) is -3.16. The first-order chi connectivity index (χ1) is 11.7. The smallest absolute Gasteiger partial charge is 0.322 e. The van der Waals surface area contributed by atoms with E-state index in [0.29, 0.717) is 19.4 Å². The van der Waals surface area contributed by atoms with Crippen LogP contribution in [0.1, 0.15) is 26.2 Å². The maximum atomic E-state index is 12.2. The molecule has 0 aliphatic rings. The second-order valence-corrected chi connectivity index (χ2v) is 5.49. The number of aliphatic hydroxyl groups excluding tert-OH is 1. The van der Waals surface area contributed by atoms with Gasteiger partial charge < -0.3 is 37.6 Å². The maximum absolute atomic E-state index is 12.2. The zero-order valence-electron chi connectivity index (χ0n) is 14.2. The van der Waals surface area contributed by atoms with Gasteiger partial charge in [-0.1, -0.05) is 0 Å². The Hall–Kier alpha value is -2.24. The minimum atomic E-state index is -1.28. The van der Waals surface area contributed by atoms with Crippen molar-refractivity contribution in [3.8, 4) is 0 Å². The fourth-order valence-electron chi connectivity index (χ4n) is 1.82. The number of carbonyl (C=O) groups is 4. The van der Waals surface area contributed by atoms with E-state index in [9.17, 15) is 24.3 Å². The van der Waals surface area contributed by atoms with Crippen LogP contribution in [0.2, 0.25) is 0 Å². The summed E-state index contributed by atoms with van der Waals surface area (Å²) >= 11 is 0. The van der Waals surface area contributed by atoms with Gasteiger partial charge in [0.1, 0.15) is 18.6 Å². The van der Waals surface area contributed by atoms with Gasteiger partial charge in [0.25, 0.3) is 0 Å². The second kappa shape index (κ2) is 12.2. The summed E-state index contributed by atoms with van der Waals surface area (Å²) in [5.74, 6) is -3.32. The number of hydrogen-bond donors (Lipinski definition) is 7. The molecule has 3 unspecified atom stereocenters. The molecule has 0 aliphatic carbocycles. The van der Waals surface area contributed by atoms with Gasteiger partial charge in [-0.05, 0) is 32.7 Å². The lowest BCUT2D eigenvalue weighted by Crippen LogP contribution is -2.56. The van der Waals surface area contributed by atoms with Crippen molar-refractivity contribution in [2.24, 2.45) is 11.5 Å². The average molecular weight is 361 g/mol. The molecule has 0 aromatic heterocycles. The minimum absolute atomic E-state index is 0.230. The van der Waals surface area contributed by atoms with Gasteiger partial charge in [0.05, 0.1) is 12.6 Å². The van der Waals surface area contributed by atoms with Crippen molar-refractivity contribution in [3.63, 3.8) is 0 Å². The lowest BCUT2D eigenvalue weighted by atomic mass is 10.1. The highest BCUT2D eigenvalue weighted by atomic mass is 16.4. The molecule has 0 aromatic rings. The van der Waals surface area contributed by atoms with E-state index in [0.717, 1.165) is 0 Å². The van der Waals surface area contributed by atoms with Crippen molar-refractivity contribution in [2.75, 3.05) is 19.7 Å². The highest BCUT2D eigenvalue weighted by Gasteiger charge is 2.26. The number of carboxylic acid groups (broad SMARTS) is 1. The zero-order valence-corrected chi connectivity index (χ0v) is 14.2. The number of nitrogens with one attached hydrogen (secondary N) is 3. The molecule has 0 rings (SSSR count).